The van der Waals surface area contributed by atoms with E-state index in [0.29, 0.717) is 17.1 Å². The number of hydrogen-bond acceptors (Lipinski definition) is 6. The first-order valence-corrected chi connectivity index (χ1v) is 8.61. The Labute approximate surface area is 152 Å². The molecule has 0 aliphatic carbocycles. The summed E-state index contributed by atoms with van der Waals surface area (Å²) >= 11 is 1.44. The molecule has 1 aromatic carbocycles. The van der Waals surface area contributed by atoms with Gasteiger partial charge in [0.25, 0.3) is 0 Å². The molecule has 132 valence electrons. The van der Waals surface area contributed by atoms with Crippen LogP contribution in [0.2, 0.25) is 0 Å². The third-order valence-electron chi connectivity index (χ3n) is 4.02. The predicted molar refractivity (Wildman–Crippen MR) is 98.6 cm³/mol. The average Bonchev–Trinajstić information content (AvgIpc) is 3.20. The third kappa shape index (κ3) is 2.79. The summed E-state index contributed by atoms with van der Waals surface area (Å²) in [6.45, 7) is -0.0859. The molecule has 0 saturated carbocycles. The Hall–Kier alpha value is -2.97. The minimum absolute atomic E-state index is 0.0859. The topological polar surface area (TPSA) is 86.2 Å². The summed E-state index contributed by atoms with van der Waals surface area (Å²) in [6.07, 6.45) is 3.25. The quantitative estimate of drug-likeness (QED) is 0.535. The number of hydrogen-bond donors (Lipinski definition) is 2. The van der Waals surface area contributed by atoms with Gasteiger partial charge in [0, 0.05) is 31.1 Å². The second-order valence-electron chi connectivity index (χ2n) is 5.72. The number of imidazole rings is 1. The van der Waals surface area contributed by atoms with Gasteiger partial charge in [-0.2, -0.15) is 0 Å². The van der Waals surface area contributed by atoms with Crippen molar-refractivity contribution in [3.63, 3.8) is 0 Å². The number of rotatable bonds is 4. The Morgan fingerprint density at radius 1 is 1.23 bits per heavy atom. The molecular formula is C18H15FN4O2S. The summed E-state index contributed by atoms with van der Waals surface area (Å²) in [5, 5.41) is 9.34. The number of fused-ring (bicyclic) bond motifs is 1. The van der Waals surface area contributed by atoms with E-state index in [-0.39, 0.29) is 12.4 Å². The normalized spacial score (nSPS) is 11.2. The van der Waals surface area contributed by atoms with E-state index >= 15 is 0 Å². The summed E-state index contributed by atoms with van der Waals surface area (Å²) in [4.78, 5) is 9.59. The number of benzene rings is 1. The van der Waals surface area contributed by atoms with Crippen molar-refractivity contribution in [2.45, 2.75) is 6.61 Å². The van der Waals surface area contributed by atoms with Crippen molar-refractivity contribution in [2.24, 2.45) is 7.05 Å². The van der Waals surface area contributed by atoms with Gasteiger partial charge in [0.05, 0.1) is 33.6 Å². The molecular weight excluding hydrogens is 355 g/mol. The van der Waals surface area contributed by atoms with Crippen LogP contribution in [0.15, 0.2) is 42.7 Å². The molecule has 3 N–H and O–H groups in total. The molecule has 0 bridgehead atoms. The minimum Gasteiger partial charge on any atom is -0.453 e. The van der Waals surface area contributed by atoms with Crippen LogP contribution in [0.1, 0.15) is 5.69 Å². The number of ether oxygens (including phenoxy) is 1. The van der Waals surface area contributed by atoms with Crippen LogP contribution < -0.4 is 10.5 Å². The van der Waals surface area contributed by atoms with Crippen LogP contribution in [-0.4, -0.2) is 19.6 Å². The summed E-state index contributed by atoms with van der Waals surface area (Å²) in [5.74, 6) is 0.804. The number of pyridine rings is 1. The van der Waals surface area contributed by atoms with Gasteiger partial charge in [0.1, 0.15) is 11.6 Å². The largest absolute Gasteiger partial charge is 0.453 e. The second kappa shape index (κ2) is 6.40. The SMILES string of the molecule is Cn1c(CO)cnc1-c1cc2nccc(Oc3ccc(N)cc3F)c2s1. The highest BCUT2D eigenvalue weighted by molar-refractivity contribution is 7.22. The van der Waals surface area contributed by atoms with Crippen molar-refractivity contribution in [1.29, 1.82) is 0 Å². The molecule has 0 fully saturated rings. The smallest absolute Gasteiger partial charge is 0.167 e. The lowest BCUT2D eigenvalue weighted by molar-refractivity contribution is 0.273. The average molecular weight is 370 g/mol. The fraction of sp³-hybridized carbons (Fsp3) is 0.111. The maximum Gasteiger partial charge on any atom is 0.167 e. The Balaban J connectivity index is 1.77. The van der Waals surface area contributed by atoms with E-state index < -0.39 is 5.82 Å². The van der Waals surface area contributed by atoms with Crippen molar-refractivity contribution in [3.8, 4) is 22.2 Å². The van der Waals surface area contributed by atoms with Gasteiger partial charge in [-0.3, -0.25) is 4.98 Å². The first kappa shape index (κ1) is 16.5. The number of thiophene rings is 1. The van der Waals surface area contributed by atoms with E-state index in [9.17, 15) is 9.50 Å². The summed E-state index contributed by atoms with van der Waals surface area (Å²) < 4.78 is 22.4. The van der Waals surface area contributed by atoms with Gasteiger partial charge >= 0.3 is 0 Å². The lowest BCUT2D eigenvalue weighted by Crippen LogP contribution is -1.97. The fourth-order valence-corrected chi connectivity index (χ4v) is 3.74. The van der Waals surface area contributed by atoms with E-state index in [1.807, 2.05) is 17.7 Å². The molecule has 0 unspecified atom stereocenters. The number of aliphatic hydroxyl groups is 1. The lowest BCUT2D eigenvalue weighted by Gasteiger charge is -2.07. The highest BCUT2D eigenvalue weighted by Crippen LogP contribution is 2.39. The maximum absolute atomic E-state index is 14.0. The van der Waals surface area contributed by atoms with Gasteiger partial charge in [-0.25, -0.2) is 9.37 Å². The number of halogens is 1. The van der Waals surface area contributed by atoms with E-state index in [1.165, 1.54) is 23.5 Å². The van der Waals surface area contributed by atoms with Gasteiger partial charge in [-0.05, 0) is 18.2 Å². The van der Waals surface area contributed by atoms with Gasteiger partial charge in [-0.15, -0.1) is 11.3 Å². The number of anilines is 1. The Morgan fingerprint density at radius 3 is 2.81 bits per heavy atom. The molecule has 26 heavy (non-hydrogen) atoms. The van der Waals surface area contributed by atoms with Crippen molar-refractivity contribution in [3.05, 3.63) is 54.2 Å². The van der Waals surface area contributed by atoms with Crippen LogP contribution in [0.3, 0.4) is 0 Å². The first-order chi connectivity index (χ1) is 12.6. The van der Waals surface area contributed by atoms with Crippen molar-refractivity contribution in [1.82, 2.24) is 14.5 Å². The molecule has 0 saturated heterocycles. The number of aromatic nitrogens is 3. The van der Waals surface area contributed by atoms with Crippen molar-refractivity contribution >= 4 is 27.2 Å². The molecule has 6 nitrogen and oxygen atoms in total. The summed E-state index contributed by atoms with van der Waals surface area (Å²) in [6, 6.07) is 7.89. The summed E-state index contributed by atoms with van der Waals surface area (Å²) in [7, 11) is 1.84. The molecule has 3 aromatic heterocycles. The number of nitrogens with zero attached hydrogens (tertiary/aromatic N) is 3. The molecule has 3 heterocycles. The van der Waals surface area contributed by atoms with Gasteiger partial charge < -0.3 is 20.1 Å². The predicted octanol–water partition coefficient (Wildman–Crippen LogP) is 3.70. The standard InChI is InChI=1S/C18H15FN4O2S/c1-23-11(9-24)8-22-18(23)16-7-13-17(26-16)15(4-5-21-13)25-14-3-2-10(20)6-12(14)19/h2-8,24H,9,20H2,1H3. The zero-order valence-electron chi connectivity index (χ0n) is 13.8. The van der Waals surface area contributed by atoms with Gasteiger partial charge in [-0.1, -0.05) is 0 Å². The highest BCUT2D eigenvalue weighted by Gasteiger charge is 2.16. The van der Waals surface area contributed by atoms with Crippen LogP contribution in [0.5, 0.6) is 11.5 Å². The molecule has 0 aliphatic heterocycles. The zero-order chi connectivity index (χ0) is 18.3. The zero-order valence-corrected chi connectivity index (χ0v) is 14.6. The summed E-state index contributed by atoms with van der Waals surface area (Å²) in [5.41, 5.74) is 7.35. The third-order valence-corrected chi connectivity index (χ3v) is 5.15. The van der Waals surface area contributed by atoms with Gasteiger partial charge in [0.2, 0.25) is 0 Å². The van der Waals surface area contributed by atoms with E-state index in [1.54, 1.807) is 24.5 Å². The minimum atomic E-state index is -0.525. The second-order valence-corrected chi connectivity index (χ2v) is 6.77. The molecule has 0 spiro atoms. The number of nitrogen functional groups attached to an aromatic ring is 1. The molecule has 0 aliphatic rings. The number of nitrogens with two attached hydrogens (primary N) is 1. The molecule has 4 rings (SSSR count). The van der Waals surface area contributed by atoms with Crippen molar-refractivity contribution in [2.75, 3.05) is 5.73 Å². The molecule has 0 radical (unpaired) electrons. The highest BCUT2D eigenvalue weighted by atomic mass is 32.1. The molecule has 4 aromatic rings. The fourth-order valence-electron chi connectivity index (χ4n) is 2.64. The molecule has 8 heteroatoms. The Kier molecular flexibility index (Phi) is 4.06. The van der Waals surface area contributed by atoms with Crippen LogP contribution in [0.25, 0.3) is 20.9 Å². The van der Waals surface area contributed by atoms with Crippen LogP contribution in [0, 0.1) is 5.82 Å². The first-order valence-electron chi connectivity index (χ1n) is 7.80. The monoisotopic (exact) mass is 370 g/mol. The number of aliphatic hydroxyl groups excluding tert-OH is 1. The van der Waals surface area contributed by atoms with Crippen molar-refractivity contribution < 1.29 is 14.2 Å². The van der Waals surface area contributed by atoms with Crippen LogP contribution in [0.4, 0.5) is 10.1 Å². The van der Waals surface area contributed by atoms with E-state index in [4.69, 9.17) is 10.5 Å². The van der Waals surface area contributed by atoms with E-state index in [0.717, 1.165) is 20.9 Å². The Bertz CT molecular complexity index is 1110. The lowest BCUT2D eigenvalue weighted by atomic mass is 10.3. The molecule has 0 atom stereocenters. The van der Waals surface area contributed by atoms with Gasteiger partial charge in [0.15, 0.2) is 11.6 Å². The van der Waals surface area contributed by atoms with Crippen LogP contribution >= 0.6 is 11.3 Å². The van der Waals surface area contributed by atoms with Crippen LogP contribution in [-0.2, 0) is 13.7 Å². The van der Waals surface area contributed by atoms with E-state index in [2.05, 4.69) is 9.97 Å². The molecule has 0 amide bonds. The maximum atomic E-state index is 14.0. The Morgan fingerprint density at radius 2 is 2.08 bits per heavy atom.